The molecule has 2 heterocycles. The lowest BCUT2D eigenvalue weighted by molar-refractivity contribution is -0.125. The highest BCUT2D eigenvalue weighted by Crippen LogP contribution is 2.16. The summed E-state index contributed by atoms with van der Waals surface area (Å²) in [5.74, 6) is 0.598. The number of aromatic amines is 1. The molecule has 1 unspecified atom stereocenters. The van der Waals surface area contributed by atoms with Gasteiger partial charge in [-0.2, -0.15) is 0 Å². The summed E-state index contributed by atoms with van der Waals surface area (Å²) >= 11 is 0. The van der Waals surface area contributed by atoms with Crippen LogP contribution in [0.25, 0.3) is 10.9 Å². The molecule has 1 aliphatic rings. The minimum Gasteiger partial charge on any atom is -0.361 e. The van der Waals surface area contributed by atoms with E-state index in [0.717, 1.165) is 37.8 Å². The fourth-order valence-corrected chi connectivity index (χ4v) is 5.16. The van der Waals surface area contributed by atoms with Gasteiger partial charge >= 0.3 is 0 Å². The van der Waals surface area contributed by atoms with Gasteiger partial charge in [0.05, 0.1) is 19.0 Å². The molecule has 7 nitrogen and oxygen atoms in total. The highest BCUT2D eigenvalue weighted by molar-refractivity contribution is 6.00. The third kappa shape index (κ3) is 8.88. The van der Waals surface area contributed by atoms with Crippen LogP contribution in [0.5, 0.6) is 0 Å². The van der Waals surface area contributed by atoms with Gasteiger partial charge in [-0.3, -0.25) is 15.6 Å². The zero-order valence-electron chi connectivity index (χ0n) is 24.9. The molecule has 1 atom stereocenters. The number of fused-ring (bicyclic) bond motifs is 1. The third-order valence-electron chi connectivity index (χ3n) is 7.81. The number of para-hydroxylation sites is 1. The topological polar surface area (TPSA) is 108 Å². The van der Waals surface area contributed by atoms with Crippen LogP contribution in [-0.2, 0) is 24.2 Å². The van der Waals surface area contributed by atoms with E-state index < -0.39 is 0 Å². The molecule has 5 N–H and O–H groups in total. The van der Waals surface area contributed by atoms with Crippen molar-refractivity contribution in [1.82, 2.24) is 20.5 Å². The number of hydrogen-bond donors (Lipinski definition) is 5. The van der Waals surface area contributed by atoms with E-state index in [0.29, 0.717) is 25.3 Å². The lowest BCUT2D eigenvalue weighted by Crippen LogP contribution is -2.46. The molecule has 1 aromatic heterocycles. The number of benzene rings is 3. The number of nitrogens with zero attached hydrogens (tertiary/aromatic N) is 1. The molecule has 42 heavy (non-hydrogen) atoms. The zero-order chi connectivity index (χ0) is 29.7. The minimum atomic E-state index is -0.0379. The van der Waals surface area contributed by atoms with Gasteiger partial charge in [0.15, 0.2) is 0 Å². The largest absolute Gasteiger partial charge is 0.361 e. The number of amides is 1. The van der Waals surface area contributed by atoms with E-state index in [1.165, 1.54) is 27.6 Å². The predicted octanol–water partition coefficient (Wildman–Crippen LogP) is 6.23. The van der Waals surface area contributed by atoms with Gasteiger partial charge < -0.3 is 20.5 Å². The van der Waals surface area contributed by atoms with Crippen LogP contribution in [0, 0.1) is 23.7 Å². The number of amidine groups is 2. The van der Waals surface area contributed by atoms with Crippen LogP contribution < -0.4 is 10.6 Å². The van der Waals surface area contributed by atoms with Gasteiger partial charge in [0.25, 0.3) is 0 Å². The van der Waals surface area contributed by atoms with Crippen molar-refractivity contribution in [1.29, 1.82) is 10.8 Å². The number of aryl methyl sites for hydroxylation is 3. The molecule has 1 aliphatic heterocycles. The number of rotatable bonds is 9. The Hall–Kier alpha value is -4.23. The van der Waals surface area contributed by atoms with E-state index >= 15 is 0 Å². The first-order valence-electron chi connectivity index (χ1n) is 15.0. The minimum absolute atomic E-state index is 0.00925. The number of carbonyl (C=O) groups is 1. The molecule has 0 aliphatic carbocycles. The van der Waals surface area contributed by atoms with Gasteiger partial charge in [-0.15, -0.1) is 0 Å². The van der Waals surface area contributed by atoms with Crippen molar-refractivity contribution in [3.63, 3.8) is 0 Å². The van der Waals surface area contributed by atoms with Crippen molar-refractivity contribution >= 4 is 28.5 Å². The van der Waals surface area contributed by atoms with Crippen LogP contribution in [0.3, 0.4) is 0 Å². The highest BCUT2D eigenvalue weighted by atomic mass is 16.1. The Labute approximate surface area is 249 Å². The third-order valence-corrected chi connectivity index (χ3v) is 7.81. The number of nitrogens with one attached hydrogen (secondary N) is 5. The first-order valence-corrected chi connectivity index (χ1v) is 15.0. The second-order valence-corrected chi connectivity index (χ2v) is 10.9. The first-order chi connectivity index (χ1) is 20.4. The fraction of sp³-hybridized carbons (Fsp3) is 0.343. The molecular formula is C35H44N6O. The van der Waals surface area contributed by atoms with Gasteiger partial charge in [0.2, 0.25) is 5.91 Å². The van der Waals surface area contributed by atoms with Gasteiger partial charge in [-0.25, -0.2) is 0 Å². The second kappa shape index (κ2) is 15.7. The molecule has 0 spiro atoms. The SMILES string of the molecule is CCc1ccc(CN(C(=N)CCc2ccccc2)C(=N)CNC(=O)C2CCCNC2)cc1.Cc1c[nH]c2ccccc12. The summed E-state index contributed by atoms with van der Waals surface area (Å²) in [6, 6.07) is 26.8. The quantitative estimate of drug-likeness (QED) is 0.123. The van der Waals surface area contributed by atoms with Crippen LogP contribution in [0.15, 0.2) is 85.1 Å². The van der Waals surface area contributed by atoms with Crippen LogP contribution in [0.1, 0.15) is 48.4 Å². The molecule has 220 valence electrons. The predicted molar refractivity (Wildman–Crippen MR) is 173 cm³/mol. The van der Waals surface area contributed by atoms with Crippen molar-refractivity contribution < 1.29 is 4.79 Å². The Kier molecular flexibility index (Phi) is 11.5. The number of H-pyrrole nitrogens is 1. The second-order valence-electron chi connectivity index (χ2n) is 10.9. The molecule has 0 radical (unpaired) electrons. The average Bonchev–Trinajstić information content (AvgIpc) is 3.43. The molecule has 7 heteroatoms. The Bertz CT molecular complexity index is 1440. The van der Waals surface area contributed by atoms with Crippen molar-refractivity contribution in [2.75, 3.05) is 19.6 Å². The molecule has 1 amide bonds. The normalized spacial score (nSPS) is 14.5. The number of carbonyl (C=O) groups excluding carboxylic acids is 1. The van der Waals surface area contributed by atoms with Crippen LogP contribution in [0.4, 0.5) is 0 Å². The summed E-state index contributed by atoms with van der Waals surface area (Å²) in [4.78, 5) is 17.4. The van der Waals surface area contributed by atoms with Gasteiger partial charge in [-0.05, 0) is 67.5 Å². The van der Waals surface area contributed by atoms with Crippen molar-refractivity contribution in [2.45, 2.75) is 52.5 Å². The van der Waals surface area contributed by atoms with Crippen molar-refractivity contribution in [2.24, 2.45) is 5.92 Å². The Morgan fingerprint density at radius 1 is 0.929 bits per heavy atom. The summed E-state index contributed by atoms with van der Waals surface area (Å²) in [5, 5.41) is 24.9. The summed E-state index contributed by atoms with van der Waals surface area (Å²) < 4.78 is 0. The Morgan fingerprint density at radius 3 is 2.33 bits per heavy atom. The number of hydrogen-bond acceptors (Lipinski definition) is 4. The summed E-state index contributed by atoms with van der Waals surface area (Å²) in [5.41, 5.74) is 6.03. The molecule has 4 aromatic rings. The van der Waals surface area contributed by atoms with E-state index in [1.54, 1.807) is 4.90 Å². The first kappa shape index (κ1) is 30.7. The van der Waals surface area contributed by atoms with E-state index in [9.17, 15) is 4.79 Å². The smallest absolute Gasteiger partial charge is 0.224 e. The van der Waals surface area contributed by atoms with Crippen LogP contribution >= 0.6 is 0 Å². The van der Waals surface area contributed by atoms with E-state index in [1.807, 2.05) is 30.5 Å². The van der Waals surface area contributed by atoms with Gasteiger partial charge in [0.1, 0.15) is 11.7 Å². The molecule has 1 fully saturated rings. The molecule has 3 aromatic carbocycles. The highest BCUT2D eigenvalue weighted by Gasteiger charge is 2.22. The van der Waals surface area contributed by atoms with Gasteiger partial charge in [-0.1, -0.05) is 79.7 Å². The van der Waals surface area contributed by atoms with E-state index in [-0.39, 0.29) is 24.2 Å². The fourth-order valence-electron chi connectivity index (χ4n) is 5.16. The number of piperidine rings is 1. The maximum absolute atomic E-state index is 12.5. The monoisotopic (exact) mass is 564 g/mol. The molecular weight excluding hydrogens is 520 g/mol. The lowest BCUT2D eigenvalue weighted by atomic mass is 9.99. The summed E-state index contributed by atoms with van der Waals surface area (Å²) in [6.45, 7) is 6.48. The molecule has 0 bridgehead atoms. The van der Waals surface area contributed by atoms with Crippen molar-refractivity contribution in [3.8, 4) is 0 Å². The average molecular weight is 565 g/mol. The molecule has 5 rings (SSSR count). The van der Waals surface area contributed by atoms with Crippen molar-refractivity contribution in [3.05, 3.63) is 107 Å². The molecule has 0 saturated carbocycles. The zero-order valence-corrected chi connectivity index (χ0v) is 24.9. The van der Waals surface area contributed by atoms with Crippen LogP contribution in [-0.4, -0.2) is 47.1 Å². The summed E-state index contributed by atoms with van der Waals surface area (Å²) in [6.07, 6.45) is 6.18. The molecule has 1 saturated heterocycles. The maximum atomic E-state index is 12.5. The Balaban J connectivity index is 0.000000337. The summed E-state index contributed by atoms with van der Waals surface area (Å²) in [7, 11) is 0. The van der Waals surface area contributed by atoms with Gasteiger partial charge in [0, 0.05) is 30.1 Å². The standard InChI is InChI=1S/C26H35N5O.C9H9N/c1-2-20-10-12-22(13-11-20)19-31(24(27)15-14-21-7-4-3-5-8-21)25(28)18-30-26(32)23-9-6-16-29-17-23;1-7-6-10-9-5-3-2-4-8(7)9/h3-5,7-8,10-13,23,27-29H,2,6,9,14-19H2,1H3,(H,30,32);2-6,10H,1H3. The maximum Gasteiger partial charge on any atom is 0.224 e. The van der Waals surface area contributed by atoms with E-state index in [4.69, 9.17) is 10.8 Å². The van der Waals surface area contributed by atoms with E-state index in [2.05, 4.69) is 84.1 Å². The number of aromatic nitrogens is 1. The van der Waals surface area contributed by atoms with Crippen LogP contribution in [0.2, 0.25) is 0 Å². The lowest BCUT2D eigenvalue weighted by Gasteiger charge is -2.27. The Morgan fingerprint density at radius 2 is 1.64 bits per heavy atom.